The summed E-state index contributed by atoms with van der Waals surface area (Å²) in [4.78, 5) is 12.2. The first-order valence-corrected chi connectivity index (χ1v) is 9.31. The van der Waals surface area contributed by atoms with Crippen LogP contribution in [-0.4, -0.2) is 20.9 Å². The van der Waals surface area contributed by atoms with Gasteiger partial charge in [-0.2, -0.15) is 4.68 Å². The molecule has 0 radical (unpaired) electrons. The molecule has 0 aliphatic rings. The third kappa shape index (κ3) is 5.91. The molecule has 0 aliphatic carbocycles. The molecule has 4 nitrogen and oxygen atoms in total. The molecule has 0 atom stereocenters. The second-order valence-electron chi connectivity index (χ2n) is 6.30. The highest BCUT2D eigenvalue weighted by atomic mass is 16.2. The van der Waals surface area contributed by atoms with Gasteiger partial charge in [0.25, 0.3) is 0 Å². The number of fused-ring (bicyclic) bond motifs is 1. The number of carbonyl (C=O) groups excluding carboxylic acids is 1. The fourth-order valence-corrected chi connectivity index (χ4v) is 2.81. The molecule has 24 heavy (non-hydrogen) atoms. The van der Waals surface area contributed by atoms with E-state index in [0.29, 0.717) is 6.42 Å². The second kappa shape index (κ2) is 10.7. The van der Waals surface area contributed by atoms with E-state index in [4.69, 9.17) is 0 Å². The molecule has 0 fully saturated rings. The van der Waals surface area contributed by atoms with Gasteiger partial charge in [-0.1, -0.05) is 68.5 Å². The molecule has 2 aromatic rings. The zero-order chi connectivity index (χ0) is 17.0. The largest absolute Gasteiger partial charge is 0.273 e. The third-order valence-electron chi connectivity index (χ3n) is 4.22. The number of unbranched alkanes of at least 4 members (excludes halogenated alkanes) is 7. The van der Waals surface area contributed by atoms with Crippen LogP contribution in [0.25, 0.3) is 11.0 Å². The van der Waals surface area contributed by atoms with Crippen LogP contribution in [0.5, 0.6) is 0 Å². The standard InChI is InChI=1S/C20H29N3O/c1-2-3-4-5-6-7-8-9-10-11-12-17-20(24)23-19-16-14-13-15-18(19)21-22-23/h4-5,13-16H,2-3,6-12,17H2,1H3/b5-4+. The lowest BCUT2D eigenvalue weighted by Crippen LogP contribution is -2.12. The van der Waals surface area contributed by atoms with Gasteiger partial charge >= 0.3 is 0 Å². The van der Waals surface area contributed by atoms with Gasteiger partial charge in [0.05, 0.1) is 5.52 Å². The van der Waals surface area contributed by atoms with Gasteiger partial charge in [0.15, 0.2) is 0 Å². The molecule has 0 N–H and O–H groups in total. The van der Waals surface area contributed by atoms with Crippen molar-refractivity contribution < 1.29 is 4.79 Å². The number of rotatable bonds is 11. The fourth-order valence-electron chi connectivity index (χ4n) is 2.81. The summed E-state index contributed by atoms with van der Waals surface area (Å²) in [6.45, 7) is 2.21. The molecule has 130 valence electrons. The van der Waals surface area contributed by atoms with Crippen LogP contribution in [0.1, 0.15) is 75.9 Å². The number of nitrogens with zero attached hydrogens (tertiary/aromatic N) is 3. The summed E-state index contributed by atoms with van der Waals surface area (Å²) >= 11 is 0. The van der Waals surface area contributed by atoms with E-state index in [0.717, 1.165) is 23.9 Å². The summed E-state index contributed by atoms with van der Waals surface area (Å²) in [7, 11) is 0. The minimum Gasteiger partial charge on any atom is -0.273 e. The molecule has 1 aromatic heterocycles. The Kier molecular flexibility index (Phi) is 8.22. The van der Waals surface area contributed by atoms with Crippen molar-refractivity contribution in [1.82, 2.24) is 15.0 Å². The number of aromatic nitrogens is 3. The Hall–Kier alpha value is -1.97. The van der Waals surface area contributed by atoms with Crippen LogP contribution in [0.2, 0.25) is 0 Å². The summed E-state index contributed by atoms with van der Waals surface area (Å²) in [5.41, 5.74) is 1.58. The van der Waals surface area contributed by atoms with E-state index < -0.39 is 0 Å². The number of carbonyl (C=O) groups is 1. The van der Waals surface area contributed by atoms with Crippen LogP contribution in [0.4, 0.5) is 0 Å². The van der Waals surface area contributed by atoms with Crippen LogP contribution in [0.15, 0.2) is 36.4 Å². The van der Waals surface area contributed by atoms with Crippen molar-refractivity contribution in [3.8, 4) is 0 Å². The lowest BCUT2D eigenvalue weighted by atomic mass is 10.1. The van der Waals surface area contributed by atoms with E-state index in [9.17, 15) is 4.79 Å². The van der Waals surface area contributed by atoms with Crippen molar-refractivity contribution in [2.75, 3.05) is 0 Å². The number of hydrogen-bond donors (Lipinski definition) is 0. The van der Waals surface area contributed by atoms with E-state index in [1.54, 1.807) is 0 Å². The zero-order valence-electron chi connectivity index (χ0n) is 14.8. The monoisotopic (exact) mass is 327 g/mol. The van der Waals surface area contributed by atoms with Gasteiger partial charge in [-0.15, -0.1) is 5.10 Å². The molecule has 0 saturated heterocycles. The van der Waals surface area contributed by atoms with Gasteiger partial charge in [0.1, 0.15) is 5.52 Å². The molecular formula is C20H29N3O. The van der Waals surface area contributed by atoms with Crippen LogP contribution >= 0.6 is 0 Å². The summed E-state index contributed by atoms with van der Waals surface area (Å²) in [6.07, 6.45) is 15.9. The maximum absolute atomic E-state index is 12.2. The average Bonchev–Trinajstić information content (AvgIpc) is 3.03. The van der Waals surface area contributed by atoms with Gasteiger partial charge in [0.2, 0.25) is 5.91 Å². The molecule has 4 heteroatoms. The van der Waals surface area contributed by atoms with Crippen LogP contribution < -0.4 is 0 Å². The minimum absolute atomic E-state index is 0.0461. The molecule has 0 aliphatic heterocycles. The quantitative estimate of drug-likeness (QED) is 0.401. The molecule has 0 amide bonds. The highest BCUT2D eigenvalue weighted by Crippen LogP contribution is 2.13. The van der Waals surface area contributed by atoms with E-state index >= 15 is 0 Å². The van der Waals surface area contributed by atoms with Crippen molar-refractivity contribution in [1.29, 1.82) is 0 Å². The molecule has 0 unspecified atom stereocenters. The molecule has 1 aromatic carbocycles. The molecule has 0 spiro atoms. The van der Waals surface area contributed by atoms with Crippen molar-refractivity contribution in [3.63, 3.8) is 0 Å². The minimum atomic E-state index is 0.0461. The Morgan fingerprint density at radius 1 is 1.00 bits per heavy atom. The van der Waals surface area contributed by atoms with Crippen LogP contribution in [0, 0.1) is 0 Å². The topological polar surface area (TPSA) is 47.8 Å². The van der Waals surface area contributed by atoms with Crippen molar-refractivity contribution in [2.24, 2.45) is 0 Å². The second-order valence-corrected chi connectivity index (χ2v) is 6.30. The van der Waals surface area contributed by atoms with Crippen molar-refractivity contribution >= 4 is 16.9 Å². The Bertz CT molecular complexity index is 645. The highest BCUT2D eigenvalue weighted by Gasteiger charge is 2.10. The lowest BCUT2D eigenvalue weighted by Gasteiger charge is -2.02. The van der Waals surface area contributed by atoms with Crippen LogP contribution in [0.3, 0.4) is 0 Å². The summed E-state index contributed by atoms with van der Waals surface area (Å²) < 4.78 is 1.44. The van der Waals surface area contributed by atoms with Gasteiger partial charge in [0, 0.05) is 6.42 Å². The Balaban J connectivity index is 1.55. The summed E-state index contributed by atoms with van der Waals surface area (Å²) in [5, 5.41) is 8.01. The Morgan fingerprint density at radius 3 is 2.54 bits per heavy atom. The average molecular weight is 327 g/mol. The number of hydrogen-bond acceptors (Lipinski definition) is 3. The summed E-state index contributed by atoms with van der Waals surface area (Å²) in [5.74, 6) is 0.0461. The molecular weight excluding hydrogens is 298 g/mol. The predicted octanol–water partition coefficient (Wildman–Crippen LogP) is 5.55. The molecule has 0 saturated carbocycles. The van der Waals surface area contributed by atoms with Gasteiger partial charge in [-0.3, -0.25) is 4.79 Å². The molecule has 2 rings (SSSR count). The van der Waals surface area contributed by atoms with E-state index in [1.807, 2.05) is 24.3 Å². The van der Waals surface area contributed by atoms with Crippen molar-refractivity contribution in [2.45, 2.75) is 71.1 Å². The third-order valence-corrected chi connectivity index (χ3v) is 4.22. The number of benzene rings is 1. The predicted molar refractivity (Wildman–Crippen MR) is 99.1 cm³/mol. The number of para-hydroxylation sites is 1. The van der Waals surface area contributed by atoms with Gasteiger partial charge in [-0.25, -0.2) is 0 Å². The number of allylic oxidation sites excluding steroid dienone is 2. The Labute approximate surface area is 144 Å². The highest BCUT2D eigenvalue weighted by molar-refractivity contribution is 5.88. The van der Waals surface area contributed by atoms with E-state index in [2.05, 4.69) is 29.4 Å². The van der Waals surface area contributed by atoms with Crippen molar-refractivity contribution in [3.05, 3.63) is 36.4 Å². The maximum Gasteiger partial charge on any atom is 0.248 e. The lowest BCUT2D eigenvalue weighted by molar-refractivity contribution is 0.0886. The zero-order valence-corrected chi connectivity index (χ0v) is 14.8. The maximum atomic E-state index is 12.2. The smallest absolute Gasteiger partial charge is 0.248 e. The van der Waals surface area contributed by atoms with Gasteiger partial charge < -0.3 is 0 Å². The van der Waals surface area contributed by atoms with Crippen LogP contribution in [-0.2, 0) is 0 Å². The molecule has 0 bridgehead atoms. The normalized spacial score (nSPS) is 11.5. The SMILES string of the molecule is CCC/C=C/CCCCCCCCC(=O)n1nnc2ccccc21. The first kappa shape index (κ1) is 18.4. The van der Waals surface area contributed by atoms with Gasteiger partial charge in [-0.05, 0) is 37.8 Å². The summed E-state index contributed by atoms with van der Waals surface area (Å²) in [6, 6.07) is 7.59. The fraction of sp³-hybridized carbons (Fsp3) is 0.550. The Morgan fingerprint density at radius 2 is 1.71 bits per heavy atom. The molecule has 1 heterocycles. The van der Waals surface area contributed by atoms with E-state index in [-0.39, 0.29) is 5.91 Å². The first-order chi connectivity index (χ1) is 11.8. The first-order valence-electron chi connectivity index (χ1n) is 9.31. The van der Waals surface area contributed by atoms with E-state index in [1.165, 1.54) is 49.6 Å².